The number of nitrogens with one attached hydrogen (secondary N) is 1. The quantitative estimate of drug-likeness (QED) is 0.725. The Morgan fingerprint density at radius 2 is 2.18 bits per heavy atom. The van der Waals surface area contributed by atoms with E-state index >= 15 is 0 Å². The normalized spacial score (nSPS) is 21.7. The highest BCUT2D eigenvalue weighted by molar-refractivity contribution is 5.82. The van der Waals surface area contributed by atoms with Crippen molar-refractivity contribution in [1.82, 2.24) is 10.2 Å². The molecule has 5 heteroatoms. The summed E-state index contributed by atoms with van der Waals surface area (Å²) in [6.45, 7) is 3.07. The minimum atomic E-state index is -0.280. The van der Waals surface area contributed by atoms with Gasteiger partial charge in [-0.05, 0) is 19.4 Å². The number of hydrogen-bond donors (Lipinski definition) is 1. The molecule has 1 saturated heterocycles. The molecule has 1 amide bonds. The lowest BCUT2D eigenvalue weighted by molar-refractivity contribution is -0.146. The SMILES string of the molecule is COC(=O)C(C)CN(C)C(=O)C1CCCCN1. The Kier molecular flexibility index (Phi) is 5.41. The standard InChI is InChI=1S/C12H22N2O3/c1-9(12(16)17-3)8-14(2)11(15)10-6-4-5-7-13-10/h9-10,13H,4-8H2,1-3H3. The van der Waals surface area contributed by atoms with E-state index in [-0.39, 0.29) is 23.8 Å². The van der Waals surface area contributed by atoms with Gasteiger partial charge in [0.15, 0.2) is 0 Å². The first-order valence-electron chi connectivity index (χ1n) is 6.12. The topological polar surface area (TPSA) is 58.6 Å². The van der Waals surface area contributed by atoms with E-state index in [0.29, 0.717) is 6.54 Å². The van der Waals surface area contributed by atoms with Crippen molar-refractivity contribution in [3.8, 4) is 0 Å². The molecule has 0 saturated carbocycles. The van der Waals surface area contributed by atoms with Gasteiger partial charge < -0.3 is 15.0 Å². The minimum Gasteiger partial charge on any atom is -0.469 e. The van der Waals surface area contributed by atoms with Gasteiger partial charge in [0.25, 0.3) is 0 Å². The molecular formula is C12H22N2O3. The van der Waals surface area contributed by atoms with E-state index < -0.39 is 0 Å². The minimum absolute atomic E-state index is 0.0699. The van der Waals surface area contributed by atoms with Crippen LogP contribution >= 0.6 is 0 Å². The molecule has 17 heavy (non-hydrogen) atoms. The zero-order valence-electron chi connectivity index (χ0n) is 10.9. The first kappa shape index (κ1) is 14.0. The second-order valence-electron chi connectivity index (χ2n) is 4.65. The molecule has 1 fully saturated rings. The predicted octanol–water partition coefficient (Wildman–Crippen LogP) is 0.396. The third kappa shape index (κ3) is 4.00. The fourth-order valence-electron chi connectivity index (χ4n) is 2.11. The van der Waals surface area contributed by atoms with Crippen molar-refractivity contribution in [2.75, 3.05) is 27.2 Å². The van der Waals surface area contributed by atoms with Crippen LogP contribution in [0, 0.1) is 5.92 Å². The van der Waals surface area contributed by atoms with Crippen LogP contribution in [0.1, 0.15) is 26.2 Å². The Bertz CT molecular complexity index is 275. The van der Waals surface area contributed by atoms with E-state index in [2.05, 4.69) is 10.1 Å². The first-order chi connectivity index (χ1) is 8.06. The van der Waals surface area contributed by atoms with Crippen molar-refractivity contribution in [3.63, 3.8) is 0 Å². The largest absolute Gasteiger partial charge is 0.469 e. The van der Waals surface area contributed by atoms with E-state index in [4.69, 9.17) is 0 Å². The molecule has 1 N–H and O–H groups in total. The van der Waals surface area contributed by atoms with Crippen LogP contribution in [0.4, 0.5) is 0 Å². The van der Waals surface area contributed by atoms with Crippen LogP contribution in [0.15, 0.2) is 0 Å². The zero-order chi connectivity index (χ0) is 12.8. The van der Waals surface area contributed by atoms with Gasteiger partial charge in [0.1, 0.15) is 0 Å². The number of ether oxygens (including phenoxy) is 1. The summed E-state index contributed by atoms with van der Waals surface area (Å²) in [6.07, 6.45) is 3.10. The highest BCUT2D eigenvalue weighted by atomic mass is 16.5. The molecule has 1 rings (SSSR count). The zero-order valence-corrected chi connectivity index (χ0v) is 10.9. The van der Waals surface area contributed by atoms with Crippen LogP contribution in [0.5, 0.6) is 0 Å². The first-order valence-corrected chi connectivity index (χ1v) is 6.12. The molecule has 0 bridgehead atoms. The number of likely N-dealkylation sites (N-methyl/N-ethyl adjacent to an activating group) is 1. The van der Waals surface area contributed by atoms with E-state index in [1.807, 2.05) is 0 Å². The molecule has 1 heterocycles. The molecule has 0 aliphatic carbocycles. The second kappa shape index (κ2) is 6.59. The van der Waals surface area contributed by atoms with Gasteiger partial charge in [-0.3, -0.25) is 9.59 Å². The highest BCUT2D eigenvalue weighted by Crippen LogP contribution is 2.10. The van der Waals surface area contributed by atoms with E-state index in [0.717, 1.165) is 25.8 Å². The predicted molar refractivity (Wildman–Crippen MR) is 64.5 cm³/mol. The maximum absolute atomic E-state index is 12.1. The maximum Gasteiger partial charge on any atom is 0.310 e. The number of esters is 1. The fourth-order valence-corrected chi connectivity index (χ4v) is 2.11. The van der Waals surface area contributed by atoms with Gasteiger partial charge in [0.2, 0.25) is 5.91 Å². The molecule has 0 radical (unpaired) electrons. The molecule has 5 nitrogen and oxygen atoms in total. The summed E-state index contributed by atoms with van der Waals surface area (Å²) in [6, 6.07) is -0.0846. The molecule has 98 valence electrons. The Morgan fingerprint density at radius 1 is 1.47 bits per heavy atom. The summed E-state index contributed by atoms with van der Waals surface area (Å²) in [5, 5.41) is 3.21. The fraction of sp³-hybridized carbons (Fsp3) is 0.833. The van der Waals surface area contributed by atoms with Crippen LogP contribution in [0.2, 0.25) is 0 Å². The molecule has 0 aromatic carbocycles. The summed E-state index contributed by atoms with van der Waals surface area (Å²) >= 11 is 0. The molecule has 0 aromatic rings. The van der Waals surface area contributed by atoms with Crippen LogP contribution < -0.4 is 5.32 Å². The van der Waals surface area contributed by atoms with Gasteiger partial charge in [0.05, 0.1) is 19.1 Å². The molecule has 1 aliphatic heterocycles. The maximum atomic E-state index is 12.1. The van der Waals surface area contributed by atoms with Crippen molar-refractivity contribution >= 4 is 11.9 Å². The summed E-state index contributed by atoms with van der Waals surface area (Å²) in [5.74, 6) is -0.487. The summed E-state index contributed by atoms with van der Waals surface area (Å²) in [4.78, 5) is 24.9. The average molecular weight is 242 g/mol. The van der Waals surface area contributed by atoms with Crippen molar-refractivity contribution in [1.29, 1.82) is 0 Å². The second-order valence-corrected chi connectivity index (χ2v) is 4.65. The van der Waals surface area contributed by atoms with Gasteiger partial charge in [-0.1, -0.05) is 13.3 Å². The third-order valence-electron chi connectivity index (χ3n) is 3.14. The lowest BCUT2D eigenvalue weighted by Gasteiger charge is -2.28. The van der Waals surface area contributed by atoms with Crippen molar-refractivity contribution in [3.05, 3.63) is 0 Å². The smallest absolute Gasteiger partial charge is 0.310 e. The highest BCUT2D eigenvalue weighted by Gasteiger charge is 2.25. The summed E-state index contributed by atoms with van der Waals surface area (Å²) < 4.78 is 4.65. The molecular weight excluding hydrogens is 220 g/mol. The Balaban J connectivity index is 2.43. The van der Waals surface area contributed by atoms with Gasteiger partial charge in [-0.2, -0.15) is 0 Å². The van der Waals surface area contributed by atoms with Crippen LogP contribution in [-0.2, 0) is 14.3 Å². The lowest BCUT2D eigenvalue weighted by Crippen LogP contribution is -2.48. The molecule has 2 atom stereocenters. The van der Waals surface area contributed by atoms with Gasteiger partial charge in [0, 0.05) is 13.6 Å². The number of carbonyl (C=O) groups is 2. The number of hydrogen-bond acceptors (Lipinski definition) is 4. The van der Waals surface area contributed by atoms with Gasteiger partial charge >= 0.3 is 5.97 Å². The Labute approximate surface area is 102 Å². The lowest BCUT2D eigenvalue weighted by atomic mass is 10.0. The number of rotatable bonds is 4. The number of piperidine rings is 1. The number of carbonyl (C=O) groups excluding carboxylic acids is 2. The van der Waals surface area contributed by atoms with Crippen LogP contribution in [-0.4, -0.2) is 50.1 Å². The van der Waals surface area contributed by atoms with Crippen molar-refractivity contribution in [2.45, 2.75) is 32.2 Å². The Hall–Kier alpha value is -1.10. The molecule has 0 aromatic heterocycles. The van der Waals surface area contributed by atoms with Crippen molar-refractivity contribution in [2.24, 2.45) is 5.92 Å². The Morgan fingerprint density at radius 3 is 2.71 bits per heavy atom. The summed E-state index contributed by atoms with van der Waals surface area (Å²) in [7, 11) is 3.10. The van der Waals surface area contributed by atoms with Crippen LogP contribution in [0.3, 0.4) is 0 Å². The molecule has 2 unspecified atom stereocenters. The van der Waals surface area contributed by atoms with E-state index in [9.17, 15) is 9.59 Å². The third-order valence-corrected chi connectivity index (χ3v) is 3.14. The summed E-state index contributed by atoms with van der Waals surface area (Å²) in [5.41, 5.74) is 0. The molecule has 1 aliphatic rings. The van der Waals surface area contributed by atoms with Crippen LogP contribution in [0.25, 0.3) is 0 Å². The number of nitrogens with zero attached hydrogens (tertiary/aromatic N) is 1. The monoisotopic (exact) mass is 242 g/mol. The number of methoxy groups -OCH3 is 1. The average Bonchev–Trinajstić information content (AvgIpc) is 2.37. The number of amides is 1. The van der Waals surface area contributed by atoms with Gasteiger partial charge in [-0.15, -0.1) is 0 Å². The van der Waals surface area contributed by atoms with Crippen molar-refractivity contribution < 1.29 is 14.3 Å². The van der Waals surface area contributed by atoms with Gasteiger partial charge in [-0.25, -0.2) is 0 Å². The van der Waals surface area contributed by atoms with E-state index in [1.165, 1.54) is 7.11 Å². The molecule has 0 spiro atoms. The van der Waals surface area contributed by atoms with E-state index in [1.54, 1.807) is 18.9 Å².